The molecule has 126 valence electrons. The van der Waals surface area contributed by atoms with Gasteiger partial charge in [0, 0.05) is 25.7 Å². The van der Waals surface area contributed by atoms with Crippen molar-refractivity contribution < 1.29 is 14.0 Å². The molecule has 5 nitrogen and oxygen atoms in total. The van der Waals surface area contributed by atoms with E-state index in [4.69, 9.17) is 0 Å². The molecule has 2 rings (SSSR count). The van der Waals surface area contributed by atoms with Crippen molar-refractivity contribution in [2.75, 3.05) is 37.0 Å². The topological polar surface area (TPSA) is 52.7 Å². The van der Waals surface area contributed by atoms with Crippen molar-refractivity contribution in [3.8, 4) is 0 Å². The summed E-state index contributed by atoms with van der Waals surface area (Å²) >= 11 is 1.42. The van der Waals surface area contributed by atoms with Crippen LogP contribution in [0.4, 0.5) is 14.9 Å². The van der Waals surface area contributed by atoms with Gasteiger partial charge in [-0.1, -0.05) is 18.2 Å². The lowest BCUT2D eigenvalue weighted by Gasteiger charge is -2.25. The predicted octanol–water partition coefficient (Wildman–Crippen LogP) is 2.13. The fraction of sp³-hybridized carbons (Fsp3) is 0.500. The van der Waals surface area contributed by atoms with Crippen molar-refractivity contribution in [3.05, 3.63) is 30.3 Å². The summed E-state index contributed by atoms with van der Waals surface area (Å²) in [6.07, 6.45) is 1.09. The van der Waals surface area contributed by atoms with Crippen LogP contribution in [0.2, 0.25) is 0 Å². The van der Waals surface area contributed by atoms with E-state index >= 15 is 0 Å². The van der Waals surface area contributed by atoms with Crippen LogP contribution in [-0.4, -0.2) is 61.2 Å². The molecule has 1 saturated heterocycles. The van der Waals surface area contributed by atoms with Crippen molar-refractivity contribution >= 4 is 29.4 Å². The first-order chi connectivity index (χ1) is 11.0. The summed E-state index contributed by atoms with van der Waals surface area (Å²) < 4.78 is 13.6. The second-order valence-electron chi connectivity index (χ2n) is 5.55. The first-order valence-electron chi connectivity index (χ1n) is 7.52. The second kappa shape index (κ2) is 8.19. The Balaban J connectivity index is 1.91. The Labute approximate surface area is 140 Å². The van der Waals surface area contributed by atoms with Gasteiger partial charge in [-0.05, 0) is 18.4 Å². The molecule has 0 saturated carbocycles. The molecule has 1 N–H and O–H groups in total. The number of thioether (sulfide) groups is 1. The number of nitrogens with one attached hydrogen (secondary N) is 1. The van der Waals surface area contributed by atoms with Gasteiger partial charge in [-0.2, -0.15) is 11.8 Å². The number of nitrogens with zero attached hydrogens (tertiary/aromatic N) is 2. The molecule has 0 aliphatic carbocycles. The molecular weight excluding hydrogens is 317 g/mol. The molecule has 1 aliphatic heterocycles. The maximum atomic E-state index is 13.6. The van der Waals surface area contributed by atoms with Gasteiger partial charge in [-0.25, -0.2) is 9.18 Å². The third-order valence-corrected chi connectivity index (χ3v) is 4.42. The lowest BCUT2D eigenvalue weighted by atomic mass is 10.2. The van der Waals surface area contributed by atoms with E-state index in [1.807, 2.05) is 36.6 Å². The second-order valence-corrected chi connectivity index (χ2v) is 6.41. The molecule has 0 bridgehead atoms. The summed E-state index contributed by atoms with van der Waals surface area (Å²) in [6, 6.07) is 8.71. The number of hydrogen-bond donors (Lipinski definition) is 1. The molecule has 0 aromatic heterocycles. The number of carbonyl (C=O) groups excluding carboxylic acids is 2. The average Bonchev–Trinajstić information content (AvgIpc) is 2.94. The normalized spacial score (nSPS) is 20.4. The summed E-state index contributed by atoms with van der Waals surface area (Å²) in [4.78, 5) is 27.3. The summed E-state index contributed by atoms with van der Waals surface area (Å²) in [5.41, 5.74) is 0.773. The molecule has 0 radical (unpaired) electrons. The number of alkyl halides is 1. The Hall–Kier alpha value is -1.76. The van der Waals surface area contributed by atoms with Crippen LogP contribution in [0.5, 0.6) is 0 Å². The molecule has 23 heavy (non-hydrogen) atoms. The number of amides is 3. The summed E-state index contributed by atoms with van der Waals surface area (Å²) in [7, 11) is 1.67. The fourth-order valence-corrected chi connectivity index (χ4v) is 3.07. The Kier molecular flexibility index (Phi) is 6.27. The van der Waals surface area contributed by atoms with Crippen LogP contribution in [0.3, 0.4) is 0 Å². The third kappa shape index (κ3) is 4.60. The number of halogens is 1. The van der Waals surface area contributed by atoms with Crippen LogP contribution in [0, 0.1) is 0 Å². The lowest BCUT2D eigenvalue weighted by Crippen LogP contribution is -2.46. The van der Waals surface area contributed by atoms with E-state index in [9.17, 15) is 14.0 Å². The zero-order valence-electron chi connectivity index (χ0n) is 13.4. The number of para-hydroxylation sites is 1. The molecular formula is C16H22FN3O2S. The first kappa shape index (κ1) is 17.6. The Morgan fingerprint density at radius 1 is 1.39 bits per heavy atom. The van der Waals surface area contributed by atoms with E-state index in [2.05, 4.69) is 5.32 Å². The van der Waals surface area contributed by atoms with Crippen molar-refractivity contribution in [1.82, 2.24) is 10.2 Å². The van der Waals surface area contributed by atoms with Gasteiger partial charge in [0.15, 0.2) is 0 Å². The van der Waals surface area contributed by atoms with E-state index in [-0.39, 0.29) is 37.5 Å². The highest BCUT2D eigenvalue weighted by Gasteiger charge is 2.35. The molecule has 3 amide bonds. The highest BCUT2D eigenvalue weighted by atomic mass is 32.2. The number of urea groups is 1. The minimum atomic E-state index is -1.02. The first-order valence-corrected chi connectivity index (χ1v) is 8.91. The van der Waals surface area contributed by atoms with Gasteiger partial charge >= 0.3 is 6.03 Å². The quantitative estimate of drug-likeness (QED) is 0.894. The van der Waals surface area contributed by atoms with Crippen molar-refractivity contribution in [2.24, 2.45) is 0 Å². The lowest BCUT2D eigenvalue weighted by molar-refractivity contribution is -0.129. The number of anilines is 1. The van der Waals surface area contributed by atoms with E-state index in [1.165, 1.54) is 16.7 Å². The molecule has 1 heterocycles. The van der Waals surface area contributed by atoms with E-state index in [0.717, 1.165) is 5.69 Å². The molecule has 1 aromatic rings. The van der Waals surface area contributed by atoms with Gasteiger partial charge in [0.25, 0.3) is 0 Å². The zero-order chi connectivity index (χ0) is 16.8. The van der Waals surface area contributed by atoms with Gasteiger partial charge in [0.05, 0.1) is 18.3 Å². The van der Waals surface area contributed by atoms with Gasteiger partial charge in [-0.15, -0.1) is 0 Å². The Morgan fingerprint density at radius 3 is 2.74 bits per heavy atom. The Morgan fingerprint density at radius 2 is 2.09 bits per heavy atom. The van der Waals surface area contributed by atoms with Crippen molar-refractivity contribution in [1.29, 1.82) is 0 Å². The number of benzene rings is 1. The van der Waals surface area contributed by atoms with Crippen LogP contribution in [0.1, 0.15) is 6.42 Å². The van der Waals surface area contributed by atoms with Gasteiger partial charge in [0.1, 0.15) is 6.17 Å². The zero-order valence-corrected chi connectivity index (χ0v) is 14.2. The third-order valence-electron chi connectivity index (χ3n) is 3.89. The maximum Gasteiger partial charge on any atom is 0.321 e. The minimum Gasteiger partial charge on any atom is -0.336 e. The average molecular weight is 339 g/mol. The number of likely N-dealkylation sites (tertiary alicyclic amines) is 1. The molecule has 2 atom stereocenters. The number of carbonyl (C=O) groups is 2. The summed E-state index contributed by atoms with van der Waals surface area (Å²) in [6.45, 7) is 0.380. The molecule has 1 aliphatic rings. The van der Waals surface area contributed by atoms with Gasteiger partial charge < -0.3 is 10.2 Å². The molecule has 7 heteroatoms. The van der Waals surface area contributed by atoms with E-state index in [1.54, 1.807) is 11.9 Å². The molecule has 0 unspecified atom stereocenters. The fourth-order valence-electron chi connectivity index (χ4n) is 2.66. The van der Waals surface area contributed by atoms with Crippen LogP contribution >= 0.6 is 11.8 Å². The van der Waals surface area contributed by atoms with Crippen LogP contribution in [0.25, 0.3) is 0 Å². The highest BCUT2D eigenvalue weighted by Crippen LogP contribution is 2.21. The van der Waals surface area contributed by atoms with Crippen molar-refractivity contribution in [2.45, 2.75) is 18.6 Å². The van der Waals surface area contributed by atoms with E-state index < -0.39 is 6.17 Å². The number of hydrogen-bond acceptors (Lipinski definition) is 3. The predicted molar refractivity (Wildman–Crippen MR) is 91.6 cm³/mol. The monoisotopic (exact) mass is 339 g/mol. The molecule has 1 fully saturated rings. The standard InChI is InChI=1S/C16H22FN3O2S/c1-19(13-6-4-3-5-7-13)16(22)18-9-14-8-12(17)10-20(14)15(21)11-23-2/h3-7,12,14H,8-11H2,1-2H3,(H,18,22)/t12-,14-/m0/s1. The highest BCUT2D eigenvalue weighted by molar-refractivity contribution is 7.99. The SMILES string of the molecule is CSCC(=O)N1C[C@@H](F)C[C@H]1CNC(=O)N(C)c1ccccc1. The van der Waals surface area contributed by atoms with Crippen LogP contribution in [0.15, 0.2) is 30.3 Å². The molecule has 1 aromatic carbocycles. The molecule has 0 spiro atoms. The maximum absolute atomic E-state index is 13.6. The van der Waals surface area contributed by atoms with Crippen LogP contribution in [-0.2, 0) is 4.79 Å². The summed E-state index contributed by atoms with van der Waals surface area (Å²) in [5, 5.41) is 2.79. The van der Waals surface area contributed by atoms with Gasteiger partial charge in [-0.3, -0.25) is 9.69 Å². The van der Waals surface area contributed by atoms with E-state index in [0.29, 0.717) is 5.75 Å². The number of rotatable bonds is 5. The minimum absolute atomic E-state index is 0.0756. The van der Waals surface area contributed by atoms with Gasteiger partial charge in [0.2, 0.25) is 5.91 Å². The Bertz CT molecular complexity index is 543. The smallest absolute Gasteiger partial charge is 0.321 e. The van der Waals surface area contributed by atoms with Crippen molar-refractivity contribution in [3.63, 3.8) is 0 Å². The van der Waals surface area contributed by atoms with Crippen LogP contribution < -0.4 is 10.2 Å². The largest absolute Gasteiger partial charge is 0.336 e. The summed E-state index contributed by atoms with van der Waals surface area (Å²) in [5.74, 6) is 0.259.